The zero-order chi connectivity index (χ0) is 9.35. The predicted octanol–water partition coefficient (Wildman–Crippen LogP) is 0.714. The first-order valence-electron chi connectivity index (χ1n) is 4.06. The molecule has 4 nitrogen and oxygen atoms in total. The van der Waals surface area contributed by atoms with Crippen molar-refractivity contribution >= 4 is 11.9 Å². The van der Waals surface area contributed by atoms with Crippen LogP contribution in [0.3, 0.4) is 0 Å². The fraction of sp³-hybridized carbons (Fsp3) is 0.750. The number of piperidine rings is 1. The van der Waals surface area contributed by atoms with Crippen molar-refractivity contribution < 1.29 is 9.59 Å². The van der Waals surface area contributed by atoms with Crippen molar-refractivity contribution in [2.45, 2.75) is 26.7 Å². The summed E-state index contributed by atoms with van der Waals surface area (Å²) in [6.45, 7) is 4.15. The molecular formula is C8H14N2O2. The van der Waals surface area contributed by atoms with Crippen molar-refractivity contribution in [2.24, 2.45) is 11.1 Å². The lowest BCUT2D eigenvalue weighted by molar-refractivity contribution is -0.140. The molecule has 1 aliphatic heterocycles. The summed E-state index contributed by atoms with van der Waals surface area (Å²) in [6.07, 6.45) is 1.68. The molecule has 1 rings (SSSR count). The number of hydrogen-bond acceptors (Lipinski definition) is 2. The number of carbonyl (C=O) groups excluding carboxylic acids is 2. The second-order valence-corrected chi connectivity index (χ2v) is 3.78. The van der Waals surface area contributed by atoms with E-state index in [0.29, 0.717) is 6.54 Å². The Morgan fingerprint density at radius 2 is 2.17 bits per heavy atom. The zero-order valence-electron chi connectivity index (χ0n) is 7.46. The number of carbonyl (C=O) groups is 2. The highest BCUT2D eigenvalue weighted by molar-refractivity contribution is 5.96. The van der Waals surface area contributed by atoms with Crippen LogP contribution in [0.15, 0.2) is 0 Å². The molecule has 0 radical (unpaired) electrons. The van der Waals surface area contributed by atoms with E-state index in [1.54, 1.807) is 0 Å². The summed E-state index contributed by atoms with van der Waals surface area (Å²) in [4.78, 5) is 23.4. The summed E-state index contributed by atoms with van der Waals surface area (Å²) in [5.74, 6) is -0.152. The van der Waals surface area contributed by atoms with Crippen LogP contribution in [0, 0.1) is 5.41 Å². The summed E-state index contributed by atoms with van der Waals surface area (Å²) in [6, 6.07) is -0.632. The standard InChI is InChI=1S/C8H14N2O2/c1-8(2)4-3-5-10(6(8)11)7(9)12/h3-5H2,1-2H3,(H2,9,12). The number of nitrogens with zero attached hydrogens (tertiary/aromatic N) is 1. The van der Waals surface area contributed by atoms with Crippen LogP contribution in [-0.4, -0.2) is 23.4 Å². The molecule has 0 spiro atoms. The van der Waals surface area contributed by atoms with Gasteiger partial charge in [-0.1, -0.05) is 13.8 Å². The summed E-state index contributed by atoms with van der Waals surface area (Å²) in [5.41, 5.74) is 4.62. The number of amides is 3. The van der Waals surface area contributed by atoms with Crippen LogP contribution >= 0.6 is 0 Å². The van der Waals surface area contributed by atoms with Crippen LogP contribution in [-0.2, 0) is 4.79 Å². The van der Waals surface area contributed by atoms with E-state index in [-0.39, 0.29) is 5.91 Å². The predicted molar refractivity (Wildman–Crippen MR) is 44.3 cm³/mol. The third-order valence-electron chi connectivity index (χ3n) is 2.27. The van der Waals surface area contributed by atoms with Crippen molar-refractivity contribution in [3.63, 3.8) is 0 Å². The monoisotopic (exact) mass is 170 g/mol. The fourth-order valence-electron chi connectivity index (χ4n) is 1.46. The average molecular weight is 170 g/mol. The lowest BCUT2D eigenvalue weighted by Crippen LogP contribution is -2.50. The van der Waals surface area contributed by atoms with Gasteiger partial charge in [0, 0.05) is 12.0 Å². The van der Waals surface area contributed by atoms with E-state index in [9.17, 15) is 9.59 Å². The Kier molecular flexibility index (Phi) is 2.08. The molecule has 68 valence electrons. The molecule has 0 saturated carbocycles. The highest BCUT2D eigenvalue weighted by Gasteiger charge is 2.37. The molecule has 3 amide bonds. The van der Waals surface area contributed by atoms with E-state index in [1.165, 1.54) is 0 Å². The van der Waals surface area contributed by atoms with E-state index in [4.69, 9.17) is 5.73 Å². The Balaban J connectivity index is 2.80. The minimum absolute atomic E-state index is 0.152. The van der Waals surface area contributed by atoms with Gasteiger partial charge >= 0.3 is 6.03 Å². The van der Waals surface area contributed by atoms with Crippen LogP contribution in [0.2, 0.25) is 0 Å². The third kappa shape index (κ3) is 1.42. The van der Waals surface area contributed by atoms with Crippen LogP contribution in [0.25, 0.3) is 0 Å². The van der Waals surface area contributed by atoms with Gasteiger partial charge in [0.25, 0.3) is 0 Å². The Morgan fingerprint density at radius 3 is 2.58 bits per heavy atom. The van der Waals surface area contributed by atoms with Gasteiger partial charge in [-0.3, -0.25) is 9.69 Å². The maximum absolute atomic E-state index is 11.5. The van der Waals surface area contributed by atoms with Gasteiger partial charge in [0.05, 0.1) is 0 Å². The van der Waals surface area contributed by atoms with Crippen LogP contribution in [0.4, 0.5) is 4.79 Å². The quantitative estimate of drug-likeness (QED) is 0.582. The van der Waals surface area contributed by atoms with Gasteiger partial charge in [0.1, 0.15) is 0 Å². The van der Waals surface area contributed by atoms with E-state index >= 15 is 0 Å². The lowest BCUT2D eigenvalue weighted by atomic mass is 9.83. The highest BCUT2D eigenvalue weighted by Crippen LogP contribution is 2.29. The van der Waals surface area contributed by atoms with Gasteiger partial charge in [-0.25, -0.2) is 4.79 Å². The van der Waals surface area contributed by atoms with Crippen LogP contribution in [0.5, 0.6) is 0 Å². The van der Waals surface area contributed by atoms with Crippen molar-refractivity contribution in [1.29, 1.82) is 0 Å². The Labute approximate surface area is 71.7 Å². The average Bonchev–Trinajstić information content (AvgIpc) is 1.94. The maximum atomic E-state index is 11.5. The molecule has 0 aromatic rings. The molecule has 2 N–H and O–H groups in total. The second kappa shape index (κ2) is 2.77. The molecule has 1 heterocycles. The summed E-state index contributed by atoms with van der Waals surface area (Å²) in [5, 5.41) is 0. The zero-order valence-corrected chi connectivity index (χ0v) is 7.46. The summed E-state index contributed by atoms with van der Waals surface area (Å²) in [7, 11) is 0. The molecule has 1 aliphatic rings. The molecule has 0 aromatic carbocycles. The molecule has 0 unspecified atom stereocenters. The smallest absolute Gasteiger partial charge is 0.321 e. The van der Waals surface area contributed by atoms with Gasteiger partial charge in [0.15, 0.2) is 0 Å². The normalized spacial score (nSPS) is 22.5. The lowest BCUT2D eigenvalue weighted by Gasteiger charge is -2.34. The van der Waals surface area contributed by atoms with Crippen LogP contribution < -0.4 is 5.73 Å². The minimum atomic E-state index is -0.632. The number of likely N-dealkylation sites (tertiary alicyclic amines) is 1. The van der Waals surface area contributed by atoms with Crippen molar-refractivity contribution in [1.82, 2.24) is 4.90 Å². The molecule has 4 heteroatoms. The van der Waals surface area contributed by atoms with Gasteiger partial charge in [-0.15, -0.1) is 0 Å². The second-order valence-electron chi connectivity index (χ2n) is 3.78. The molecule has 0 atom stereocenters. The summed E-state index contributed by atoms with van der Waals surface area (Å²) < 4.78 is 0. The molecule has 1 fully saturated rings. The molecule has 1 saturated heterocycles. The number of nitrogens with two attached hydrogens (primary N) is 1. The molecule has 12 heavy (non-hydrogen) atoms. The van der Waals surface area contributed by atoms with Crippen molar-refractivity contribution in [3.8, 4) is 0 Å². The van der Waals surface area contributed by atoms with E-state index in [0.717, 1.165) is 17.7 Å². The molecule has 0 bridgehead atoms. The number of urea groups is 1. The topological polar surface area (TPSA) is 63.4 Å². The van der Waals surface area contributed by atoms with Gasteiger partial charge in [-0.05, 0) is 12.8 Å². The van der Waals surface area contributed by atoms with Gasteiger partial charge in [0.2, 0.25) is 5.91 Å². The maximum Gasteiger partial charge on any atom is 0.321 e. The van der Waals surface area contributed by atoms with Gasteiger partial charge < -0.3 is 5.73 Å². The SMILES string of the molecule is CC1(C)CCCN(C(N)=O)C1=O. The fourth-order valence-corrected chi connectivity index (χ4v) is 1.46. The first-order chi connectivity index (χ1) is 5.45. The number of rotatable bonds is 0. The number of hydrogen-bond donors (Lipinski definition) is 1. The Hall–Kier alpha value is -1.06. The highest BCUT2D eigenvalue weighted by atomic mass is 16.2. The summed E-state index contributed by atoms with van der Waals surface area (Å²) >= 11 is 0. The van der Waals surface area contributed by atoms with E-state index in [2.05, 4.69) is 0 Å². The Morgan fingerprint density at radius 1 is 1.58 bits per heavy atom. The van der Waals surface area contributed by atoms with Crippen molar-refractivity contribution in [3.05, 3.63) is 0 Å². The van der Waals surface area contributed by atoms with E-state index in [1.807, 2.05) is 13.8 Å². The Bertz CT molecular complexity index is 223. The largest absolute Gasteiger partial charge is 0.351 e. The third-order valence-corrected chi connectivity index (χ3v) is 2.27. The number of imide groups is 1. The minimum Gasteiger partial charge on any atom is -0.351 e. The first kappa shape index (κ1) is 9.03. The number of primary amides is 1. The molecule has 0 aliphatic carbocycles. The van der Waals surface area contributed by atoms with E-state index < -0.39 is 11.4 Å². The molecule has 0 aromatic heterocycles. The van der Waals surface area contributed by atoms with Crippen molar-refractivity contribution in [2.75, 3.05) is 6.54 Å². The van der Waals surface area contributed by atoms with Gasteiger partial charge in [-0.2, -0.15) is 0 Å². The molecular weight excluding hydrogens is 156 g/mol. The van der Waals surface area contributed by atoms with Crippen LogP contribution in [0.1, 0.15) is 26.7 Å². The first-order valence-corrected chi connectivity index (χ1v) is 4.06.